The summed E-state index contributed by atoms with van der Waals surface area (Å²) in [7, 11) is 2.14. The summed E-state index contributed by atoms with van der Waals surface area (Å²) in [6, 6.07) is 0. The monoisotopic (exact) mass is 201 g/mol. The van der Waals surface area contributed by atoms with Crippen molar-refractivity contribution in [2.75, 3.05) is 26.7 Å². The summed E-state index contributed by atoms with van der Waals surface area (Å²) >= 11 is 0. The number of aliphatic hydroxyl groups excluding tert-OH is 1. The number of nitrogens with zero attached hydrogens (tertiary/aromatic N) is 1. The fourth-order valence-corrected chi connectivity index (χ4v) is 1.37. The van der Waals surface area contributed by atoms with Crippen molar-refractivity contribution in [2.24, 2.45) is 11.3 Å². The van der Waals surface area contributed by atoms with Crippen LogP contribution < -0.4 is 0 Å². The Kier molecular flexibility index (Phi) is 6.38. The average Bonchev–Trinajstić information content (AvgIpc) is 2.09. The molecule has 1 atom stereocenters. The highest BCUT2D eigenvalue weighted by atomic mass is 16.3. The fraction of sp³-hybridized carbons (Fsp3) is 1.00. The van der Waals surface area contributed by atoms with Crippen molar-refractivity contribution in [3.63, 3.8) is 0 Å². The number of hydrogen-bond donors (Lipinski definition) is 1. The molecule has 1 unspecified atom stereocenters. The molecule has 1 N–H and O–H groups in total. The predicted octanol–water partition coefficient (Wildman–Crippen LogP) is 2.37. The lowest BCUT2D eigenvalue weighted by Gasteiger charge is -2.25. The maximum Gasteiger partial charge on any atom is 0.0471 e. The number of hydrogen-bond acceptors (Lipinski definition) is 2. The summed E-state index contributed by atoms with van der Waals surface area (Å²) < 4.78 is 0. The molecule has 0 bridgehead atoms. The van der Waals surface area contributed by atoms with Crippen molar-refractivity contribution < 1.29 is 5.11 Å². The maximum atomic E-state index is 9.08. The summed E-state index contributed by atoms with van der Waals surface area (Å²) in [5.41, 5.74) is 0.412. The molecule has 0 fully saturated rings. The maximum absolute atomic E-state index is 9.08. The van der Waals surface area contributed by atoms with E-state index in [1.54, 1.807) is 0 Å². The van der Waals surface area contributed by atoms with Gasteiger partial charge in [0.2, 0.25) is 0 Å². The van der Waals surface area contributed by atoms with Gasteiger partial charge in [0.15, 0.2) is 0 Å². The Hall–Kier alpha value is -0.0800. The van der Waals surface area contributed by atoms with E-state index in [0.29, 0.717) is 17.9 Å². The van der Waals surface area contributed by atoms with Gasteiger partial charge in [-0.05, 0) is 37.8 Å². The lowest BCUT2D eigenvalue weighted by molar-refractivity contribution is 0.166. The third-order valence-corrected chi connectivity index (χ3v) is 2.65. The molecule has 0 aromatic rings. The Morgan fingerprint density at radius 2 is 1.86 bits per heavy atom. The highest BCUT2D eigenvalue weighted by Gasteiger charge is 2.13. The first-order valence-corrected chi connectivity index (χ1v) is 5.68. The van der Waals surface area contributed by atoms with E-state index in [9.17, 15) is 0 Å². The molecule has 0 aromatic heterocycles. The van der Waals surface area contributed by atoms with Gasteiger partial charge in [-0.15, -0.1) is 0 Å². The van der Waals surface area contributed by atoms with Crippen LogP contribution in [-0.4, -0.2) is 36.8 Å². The first kappa shape index (κ1) is 13.9. The van der Waals surface area contributed by atoms with Crippen LogP contribution in [0.2, 0.25) is 0 Å². The van der Waals surface area contributed by atoms with Crippen LogP contribution in [0, 0.1) is 11.3 Å². The molecule has 0 aromatic carbocycles. The average molecular weight is 201 g/mol. The molecule has 0 spiro atoms. The van der Waals surface area contributed by atoms with Gasteiger partial charge in [0.25, 0.3) is 0 Å². The molecule has 0 aliphatic carbocycles. The van der Waals surface area contributed by atoms with E-state index in [2.05, 4.69) is 39.6 Å². The molecule has 0 rings (SSSR count). The van der Waals surface area contributed by atoms with Gasteiger partial charge in [0, 0.05) is 13.2 Å². The number of rotatable bonds is 6. The van der Waals surface area contributed by atoms with Crippen molar-refractivity contribution in [2.45, 2.75) is 40.5 Å². The summed E-state index contributed by atoms with van der Waals surface area (Å²) in [6.07, 6.45) is 2.28. The zero-order valence-corrected chi connectivity index (χ0v) is 10.5. The van der Waals surface area contributed by atoms with Gasteiger partial charge in [-0.25, -0.2) is 0 Å². The molecule has 2 nitrogen and oxygen atoms in total. The van der Waals surface area contributed by atoms with Crippen LogP contribution in [0.1, 0.15) is 40.5 Å². The Morgan fingerprint density at radius 1 is 1.29 bits per heavy atom. The van der Waals surface area contributed by atoms with Gasteiger partial charge < -0.3 is 10.0 Å². The van der Waals surface area contributed by atoms with E-state index in [1.165, 1.54) is 6.42 Å². The second kappa shape index (κ2) is 6.41. The molecule has 0 saturated carbocycles. The number of aliphatic hydroxyl groups is 1. The summed E-state index contributed by atoms with van der Waals surface area (Å²) in [5, 5.41) is 9.08. The molecule has 2 heteroatoms. The summed E-state index contributed by atoms with van der Waals surface area (Å²) in [6.45, 7) is 11.4. The van der Waals surface area contributed by atoms with Gasteiger partial charge in [-0.2, -0.15) is 0 Å². The van der Waals surface area contributed by atoms with E-state index >= 15 is 0 Å². The molecule has 86 valence electrons. The van der Waals surface area contributed by atoms with Gasteiger partial charge in [-0.1, -0.05) is 27.7 Å². The first-order valence-electron chi connectivity index (χ1n) is 5.68. The minimum atomic E-state index is 0.316. The lowest BCUT2D eigenvalue weighted by atomic mass is 9.92. The molecular formula is C12H27NO. The highest BCUT2D eigenvalue weighted by molar-refractivity contribution is 4.66. The largest absolute Gasteiger partial charge is 0.396 e. The van der Waals surface area contributed by atoms with Crippen LogP contribution in [0.4, 0.5) is 0 Å². The van der Waals surface area contributed by atoms with E-state index in [0.717, 1.165) is 19.5 Å². The minimum absolute atomic E-state index is 0.316. The first-order chi connectivity index (χ1) is 6.39. The highest BCUT2D eigenvalue weighted by Crippen LogP contribution is 2.18. The van der Waals surface area contributed by atoms with Crippen molar-refractivity contribution in [3.05, 3.63) is 0 Å². The van der Waals surface area contributed by atoms with Crippen molar-refractivity contribution in [1.29, 1.82) is 0 Å². The van der Waals surface area contributed by atoms with Crippen LogP contribution in [0.15, 0.2) is 0 Å². The Labute approximate surface area is 89.3 Å². The van der Waals surface area contributed by atoms with Crippen molar-refractivity contribution >= 4 is 0 Å². The van der Waals surface area contributed by atoms with Crippen LogP contribution in [0.25, 0.3) is 0 Å². The normalized spacial score (nSPS) is 14.8. The minimum Gasteiger partial charge on any atom is -0.396 e. The molecule has 14 heavy (non-hydrogen) atoms. The molecular weight excluding hydrogens is 174 g/mol. The van der Waals surface area contributed by atoms with Crippen LogP contribution in [0.5, 0.6) is 0 Å². The third kappa shape index (κ3) is 7.34. The van der Waals surface area contributed by atoms with E-state index in [4.69, 9.17) is 5.11 Å². The zero-order valence-electron chi connectivity index (χ0n) is 10.5. The third-order valence-electron chi connectivity index (χ3n) is 2.65. The van der Waals surface area contributed by atoms with Crippen molar-refractivity contribution in [3.8, 4) is 0 Å². The molecule has 0 amide bonds. The van der Waals surface area contributed by atoms with Gasteiger partial charge in [-0.3, -0.25) is 0 Å². The quantitative estimate of drug-likeness (QED) is 0.713. The lowest BCUT2D eigenvalue weighted by Crippen LogP contribution is -2.30. The standard InChI is InChI=1S/C12H27NO/c1-6-11(10-14)9-13(5)8-7-12(2,3)4/h11,14H,6-10H2,1-5H3. The fourth-order valence-electron chi connectivity index (χ4n) is 1.37. The molecule has 0 radical (unpaired) electrons. The zero-order chi connectivity index (χ0) is 11.2. The van der Waals surface area contributed by atoms with Crippen LogP contribution in [0.3, 0.4) is 0 Å². The predicted molar refractivity (Wildman–Crippen MR) is 62.4 cm³/mol. The van der Waals surface area contributed by atoms with E-state index in [1.807, 2.05) is 0 Å². The van der Waals surface area contributed by atoms with E-state index in [-0.39, 0.29) is 0 Å². The molecule has 0 saturated heterocycles. The molecule has 0 aliphatic heterocycles. The van der Waals surface area contributed by atoms with Gasteiger partial charge in [0.05, 0.1) is 0 Å². The Morgan fingerprint density at radius 3 is 2.21 bits per heavy atom. The van der Waals surface area contributed by atoms with Crippen molar-refractivity contribution in [1.82, 2.24) is 4.90 Å². The van der Waals surface area contributed by atoms with E-state index < -0.39 is 0 Å². The molecule has 0 heterocycles. The second-order valence-electron chi connectivity index (χ2n) is 5.53. The topological polar surface area (TPSA) is 23.5 Å². The Balaban J connectivity index is 3.69. The van der Waals surface area contributed by atoms with Crippen LogP contribution >= 0.6 is 0 Å². The SMILES string of the molecule is CCC(CO)CN(C)CCC(C)(C)C. The smallest absolute Gasteiger partial charge is 0.0471 e. The second-order valence-corrected chi connectivity index (χ2v) is 5.53. The van der Waals surface area contributed by atoms with Gasteiger partial charge >= 0.3 is 0 Å². The van der Waals surface area contributed by atoms with Crippen LogP contribution in [-0.2, 0) is 0 Å². The summed E-state index contributed by atoms with van der Waals surface area (Å²) in [5.74, 6) is 0.444. The van der Waals surface area contributed by atoms with Gasteiger partial charge in [0.1, 0.15) is 0 Å². The Bertz CT molecular complexity index is 136. The summed E-state index contributed by atoms with van der Waals surface area (Å²) in [4.78, 5) is 2.33. The molecule has 0 aliphatic rings.